The zero-order valence-electron chi connectivity index (χ0n) is 14.1. The smallest absolute Gasteiger partial charge is 0.0455 e. The van der Waals surface area contributed by atoms with Gasteiger partial charge in [0.05, 0.1) is 0 Å². The lowest BCUT2D eigenvalue weighted by Crippen LogP contribution is -2.49. The average Bonchev–Trinajstić information content (AvgIpc) is 2.56. The van der Waals surface area contributed by atoms with Crippen molar-refractivity contribution >= 4 is 12.4 Å². The van der Waals surface area contributed by atoms with Crippen molar-refractivity contribution in [2.75, 3.05) is 27.2 Å². The van der Waals surface area contributed by atoms with E-state index in [0.29, 0.717) is 0 Å². The molecule has 2 nitrogen and oxygen atoms in total. The molecule has 1 saturated carbocycles. The second-order valence-electron chi connectivity index (χ2n) is 7.12. The highest BCUT2D eigenvalue weighted by Crippen LogP contribution is 2.42. The minimum Gasteiger partial charge on any atom is -0.300 e. The van der Waals surface area contributed by atoms with Crippen molar-refractivity contribution < 1.29 is 0 Å². The molecule has 2 aliphatic rings. The maximum Gasteiger partial charge on any atom is 0.0455 e. The highest BCUT2D eigenvalue weighted by Gasteiger charge is 2.39. The molecule has 1 saturated heterocycles. The molecule has 1 aliphatic heterocycles. The van der Waals surface area contributed by atoms with Crippen LogP contribution in [0.3, 0.4) is 0 Å². The standard InChI is InChI=1S/C19H30N2.ClH/c1-20(2)19(17-9-5-3-6-10-17)13-11-18(12-14-19)21-15-7-4-8-16-21;/h3,5-6,9-10,18H,4,7-8,11-16H2,1-2H3;1H. The van der Waals surface area contributed by atoms with E-state index < -0.39 is 0 Å². The molecule has 1 aromatic rings. The summed E-state index contributed by atoms with van der Waals surface area (Å²) in [6, 6.07) is 12.0. The predicted octanol–water partition coefficient (Wildman–Crippen LogP) is 4.29. The molecule has 1 aliphatic carbocycles. The molecule has 2 fully saturated rings. The van der Waals surface area contributed by atoms with Crippen LogP contribution in [-0.2, 0) is 5.54 Å². The largest absolute Gasteiger partial charge is 0.300 e. The summed E-state index contributed by atoms with van der Waals surface area (Å²) >= 11 is 0. The number of hydrogen-bond acceptors (Lipinski definition) is 2. The van der Waals surface area contributed by atoms with Crippen molar-refractivity contribution in [3.8, 4) is 0 Å². The van der Waals surface area contributed by atoms with Crippen molar-refractivity contribution in [3.63, 3.8) is 0 Å². The third-order valence-corrected chi connectivity index (χ3v) is 5.86. The summed E-state index contributed by atoms with van der Waals surface area (Å²) in [5.74, 6) is 0. The van der Waals surface area contributed by atoms with Crippen LogP contribution in [0.5, 0.6) is 0 Å². The molecule has 0 aromatic heterocycles. The van der Waals surface area contributed by atoms with Gasteiger partial charge in [-0.05, 0) is 71.3 Å². The summed E-state index contributed by atoms with van der Waals surface area (Å²) in [6.45, 7) is 2.68. The number of benzene rings is 1. The molecule has 0 radical (unpaired) electrons. The Morgan fingerprint density at radius 1 is 0.955 bits per heavy atom. The molecule has 1 heterocycles. The lowest BCUT2D eigenvalue weighted by molar-refractivity contribution is 0.0423. The van der Waals surface area contributed by atoms with Gasteiger partial charge in [0.2, 0.25) is 0 Å². The maximum absolute atomic E-state index is 2.77. The predicted molar refractivity (Wildman–Crippen MR) is 96.7 cm³/mol. The van der Waals surface area contributed by atoms with Crippen molar-refractivity contribution in [2.24, 2.45) is 0 Å². The van der Waals surface area contributed by atoms with E-state index >= 15 is 0 Å². The summed E-state index contributed by atoms with van der Waals surface area (Å²) in [5, 5.41) is 0. The Kier molecular flexibility index (Phi) is 6.31. The fourth-order valence-corrected chi connectivity index (χ4v) is 4.47. The number of halogens is 1. The number of nitrogens with zero attached hydrogens (tertiary/aromatic N) is 2. The van der Waals surface area contributed by atoms with Crippen LogP contribution in [0, 0.1) is 0 Å². The van der Waals surface area contributed by atoms with Crippen molar-refractivity contribution in [1.82, 2.24) is 9.80 Å². The van der Waals surface area contributed by atoms with Gasteiger partial charge in [-0.25, -0.2) is 0 Å². The summed E-state index contributed by atoms with van der Waals surface area (Å²) in [5.41, 5.74) is 1.76. The van der Waals surface area contributed by atoms with Crippen LogP contribution >= 0.6 is 12.4 Å². The molecule has 0 spiro atoms. The second kappa shape index (κ2) is 7.81. The fourth-order valence-electron chi connectivity index (χ4n) is 4.47. The quantitative estimate of drug-likeness (QED) is 0.819. The lowest BCUT2D eigenvalue weighted by Gasteiger charge is -2.48. The zero-order valence-corrected chi connectivity index (χ0v) is 14.9. The Labute approximate surface area is 142 Å². The van der Waals surface area contributed by atoms with E-state index in [1.54, 1.807) is 0 Å². The number of rotatable bonds is 3. The first-order valence-electron chi connectivity index (χ1n) is 8.69. The van der Waals surface area contributed by atoms with E-state index in [4.69, 9.17) is 0 Å². The molecule has 0 bridgehead atoms. The Morgan fingerprint density at radius 3 is 2.09 bits per heavy atom. The van der Waals surface area contributed by atoms with E-state index in [1.165, 1.54) is 63.6 Å². The third kappa shape index (κ3) is 3.50. The maximum atomic E-state index is 2.77. The van der Waals surface area contributed by atoms with Crippen molar-refractivity contribution in [1.29, 1.82) is 0 Å². The first-order valence-corrected chi connectivity index (χ1v) is 8.69. The van der Waals surface area contributed by atoms with Gasteiger partial charge in [0.25, 0.3) is 0 Å². The van der Waals surface area contributed by atoms with Gasteiger partial charge in [-0.2, -0.15) is 0 Å². The van der Waals surface area contributed by atoms with E-state index in [1.807, 2.05) is 0 Å². The molecule has 0 N–H and O–H groups in total. The number of piperidine rings is 1. The zero-order chi connectivity index (χ0) is 14.7. The Hall–Kier alpha value is -0.570. The van der Waals surface area contributed by atoms with Crippen LogP contribution in [0.2, 0.25) is 0 Å². The average molecular weight is 323 g/mol. The first kappa shape index (κ1) is 17.8. The van der Waals surface area contributed by atoms with Gasteiger partial charge in [0, 0.05) is 11.6 Å². The minimum atomic E-state index is 0. The van der Waals surface area contributed by atoms with Crippen LogP contribution in [0.4, 0.5) is 0 Å². The highest BCUT2D eigenvalue weighted by atomic mass is 35.5. The van der Waals surface area contributed by atoms with Gasteiger partial charge in [-0.15, -0.1) is 12.4 Å². The minimum absolute atomic E-state index is 0. The second-order valence-corrected chi connectivity index (χ2v) is 7.12. The molecule has 124 valence electrons. The van der Waals surface area contributed by atoms with Gasteiger partial charge in [0.1, 0.15) is 0 Å². The SMILES string of the molecule is CN(C)C1(c2ccccc2)CCC(N2CCCCC2)CC1.Cl. The van der Waals surface area contributed by atoms with Crippen LogP contribution in [0.15, 0.2) is 30.3 Å². The Balaban J connectivity index is 0.00000176. The summed E-state index contributed by atoms with van der Waals surface area (Å²) in [6.07, 6.45) is 9.56. The third-order valence-electron chi connectivity index (χ3n) is 5.86. The number of hydrogen-bond donors (Lipinski definition) is 0. The molecule has 22 heavy (non-hydrogen) atoms. The highest BCUT2D eigenvalue weighted by molar-refractivity contribution is 5.85. The first-order chi connectivity index (χ1) is 10.2. The monoisotopic (exact) mass is 322 g/mol. The molecule has 0 atom stereocenters. The van der Waals surface area contributed by atoms with Gasteiger partial charge in [-0.3, -0.25) is 4.90 Å². The summed E-state index contributed by atoms with van der Waals surface area (Å²) in [7, 11) is 4.52. The molecule has 1 aromatic carbocycles. The lowest BCUT2D eigenvalue weighted by atomic mass is 9.73. The molecule has 0 unspecified atom stereocenters. The van der Waals surface area contributed by atoms with Crippen LogP contribution in [0.25, 0.3) is 0 Å². The molecule has 3 rings (SSSR count). The Morgan fingerprint density at radius 2 is 1.55 bits per heavy atom. The number of likely N-dealkylation sites (tertiary alicyclic amines) is 1. The van der Waals surface area contributed by atoms with Gasteiger partial charge in [0.15, 0.2) is 0 Å². The molecule has 0 amide bonds. The van der Waals surface area contributed by atoms with Gasteiger partial charge in [-0.1, -0.05) is 36.8 Å². The van der Waals surface area contributed by atoms with Crippen LogP contribution in [0.1, 0.15) is 50.5 Å². The Bertz CT molecular complexity index is 432. The summed E-state index contributed by atoms with van der Waals surface area (Å²) < 4.78 is 0. The van der Waals surface area contributed by atoms with E-state index in [9.17, 15) is 0 Å². The summed E-state index contributed by atoms with van der Waals surface area (Å²) in [4.78, 5) is 5.24. The normalized spacial score (nSPS) is 30.0. The van der Waals surface area contributed by atoms with Crippen molar-refractivity contribution in [2.45, 2.75) is 56.5 Å². The van der Waals surface area contributed by atoms with E-state index in [-0.39, 0.29) is 17.9 Å². The fraction of sp³-hybridized carbons (Fsp3) is 0.684. The molecular weight excluding hydrogens is 292 g/mol. The van der Waals surface area contributed by atoms with E-state index in [2.05, 4.69) is 54.2 Å². The molecule has 3 heteroatoms. The topological polar surface area (TPSA) is 6.48 Å². The molecular formula is C19H31ClN2. The van der Waals surface area contributed by atoms with Crippen LogP contribution < -0.4 is 0 Å². The van der Waals surface area contributed by atoms with Crippen LogP contribution in [-0.4, -0.2) is 43.0 Å². The van der Waals surface area contributed by atoms with Gasteiger partial charge >= 0.3 is 0 Å². The van der Waals surface area contributed by atoms with Crippen molar-refractivity contribution in [3.05, 3.63) is 35.9 Å². The van der Waals surface area contributed by atoms with Gasteiger partial charge < -0.3 is 4.90 Å². The van der Waals surface area contributed by atoms with E-state index in [0.717, 1.165) is 6.04 Å².